The van der Waals surface area contributed by atoms with Crippen molar-refractivity contribution in [3.8, 4) is 5.75 Å². The van der Waals surface area contributed by atoms with Crippen LogP contribution in [0.2, 0.25) is 0 Å². The molecule has 0 spiro atoms. The Morgan fingerprint density at radius 3 is 2.67 bits per heavy atom. The maximum atomic E-state index is 12.4. The summed E-state index contributed by atoms with van der Waals surface area (Å²) in [5.41, 5.74) is 0. The third kappa shape index (κ3) is 5.09. The van der Waals surface area contributed by atoms with Crippen LogP contribution < -0.4 is 10.1 Å². The average Bonchev–Trinajstić information content (AvgIpc) is 3.43. The van der Waals surface area contributed by atoms with Crippen LogP contribution in [0.4, 0.5) is 0 Å². The van der Waals surface area contributed by atoms with Crippen LogP contribution in [0.3, 0.4) is 0 Å². The van der Waals surface area contributed by atoms with Crippen molar-refractivity contribution >= 4 is 34.4 Å². The first kappa shape index (κ1) is 17.5. The molecule has 1 aromatic rings. The van der Waals surface area contributed by atoms with Crippen molar-refractivity contribution in [1.29, 1.82) is 0 Å². The van der Waals surface area contributed by atoms with Crippen LogP contribution in [0.15, 0.2) is 24.3 Å². The number of nitrogens with one attached hydrogen (secondary N) is 1. The largest absolute Gasteiger partial charge is 0.484 e. The van der Waals surface area contributed by atoms with E-state index in [-0.39, 0.29) is 24.3 Å². The Bertz CT molecular complexity index is 586. The second kappa shape index (κ2) is 8.18. The quantitative estimate of drug-likeness (QED) is 0.689. The number of carbonyl (C=O) groups excluding carboxylic acids is 2. The van der Waals surface area contributed by atoms with Crippen molar-refractivity contribution in [1.82, 2.24) is 10.2 Å². The smallest absolute Gasteiger partial charge is 0.260 e. The summed E-state index contributed by atoms with van der Waals surface area (Å²) in [6.07, 6.45) is 4.19. The fraction of sp³-hybridized carbons (Fsp3) is 0.556. The summed E-state index contributed by atoms with van der Waals surface area (Å²) < 4.78 is 6.69. The van der Waals surface area contributed by atoms with Crippen molar-refractivity contribution in [2.24, 2.45) is 11.8 Å². The van der Waals surface area contributed by atoms with Crippen LogP contribution >= 0.6 is 22.6 Å². The Morgan fingerprint density at radius 2 is 1.96 bits per heavy atom. The van der Waals surface area contributed by atoms with E-state index in [4.69, 9.17) is 4.74 Å². The molecule has 0 aromatic heterocycles. The molecular weight excluding hydrogens is 419 g/mol. The van der Waals surface area contributed by atoms with E-state index in [1.54, 1.807) is 4.90 Å². The van der Waals surface area contributed by atoms with E-state index >= 15 is 0 Å². The van der Waals surface area contributed by atoms with Gasteiger partial charge < -0.3 is 15.0 Å². The highest BCUT2D eigenvalue weighted by atomic mass is 127. The number of hydrogen-bond acceptors (Lipinski definition) is 3. The number of hydrogen-bond donors (Lipinski definition) is 1. The van der Waals surface area contributed by atoms with E-state index in [0.29, 0.717) is 24.8 Å². The predicted octanol–water partition coefficient (Wildman–Crippen LogP) is 2.43. The maximum absolute atomic E-state index is 12.4. The predicted molar refractivity (Wildman–Crippen MR) is 99.7 cm³/mol. The Labute approximate surface area is 156 Å². The molecule has 2 fully saturated rings. The normalized spacial score (nSPS) is 20.5. The second-order valence-electron chi connectivity index (χ2n) is 6.61. The molecule has 6 heteroatoms. The number of amides is 2. The zero-order chi connectivity index (χ0) is 16.9. The van der Waals surface area contributed by atoms with Gasteiger partial charge in [-0.05, 0) is 78.5 Å². The topological polar surface area (TPSA) is 58.6 Å². The lowest BCUT2D eigenvalue weighted by Crippen LogP contribution is -2.47. The fourth-order valence-corrected chi connectivity index (χ4v) is 3.26. The maximum Gasteiger partial charge on any atom is 0.260 e. The van der Waals surface area contributed by atoms with E-state index in [2.05, 4.69) is 27.9 Å². The van der Waals surface area contributed by atoms with Gasteiger partial charge in [0, 0.05) is 23.2 Å². The van der Waals surface area contributed by atoms with E-state index in [1.807, 2.05) is 24.3 Å². The van der Waals surface area contributed by atoms with Crippen LogP contribution in [0, 0.1) is 15.4 Å². The minimum Gasteiger partial charge on any atom is -0.484 e. The molecule has 1 aliphatic carbocycles. The molecule has 0 radical (unpaired) electrons. The molecule has 1 heterocycles. The number of carbonyl (C=O) groups is 2. The SMILES string of the molecule is O=C(NCC1CC1)C1CCCN(C(=O)COc2ccc(I)cc2)C1. The van der Waals surface area contributed by atoms with Gasteiger partial charge >= 0.3 is 0 Å². The highest BCUT2D eigenvalue weighted by Gasteiger charge is 2.29. The van der Waals surface area contributed by atoms with E-state index < -0.39 is 0 Å². The van der Waals surface area contributed by atoms with Crippen molar-refractivity contribution < 1.29 is 14.3 Å². The molecule has 130 valence electrons. The minimum atomic E-state index is -0.0836. The van der Waals surface area contributed by atoms with Crippen LogP contribution in [0.5, 0.6) is 5.75 Å². The van der Waals surface area contributed by atoms with Crippen LogP contribution in [-0.4, -0.2) is 43.0 Å². The molecule has 1 aliphatic heterocycles. The molecule has 3 rings (SSSR count). The molecular formula is C18H23IN2O3. The van der Waals surface area contributed by atoms with Gasteiger partial charge in [0.2, 0.25) is 5.91 Å². The fourth-order valence-electron chi connectivity index (χ4n) is 2.90. The summed E-state index contributed by atoms with van der Waals surface area (Å²) in [4.78, 5) is 26.3. The van der Waals surface area contributed by atoms with Gasteiger partial charge in [0.15, 0.2) is 6.61 Å². The lowest BCUT2D eigenvalue weighted by Gasteiger charge is -2.32. The zero-order valence-electron chi connectivity index (χ0n) is 13.7. The summed E-state index contributed by atoms with van der Waals surface area (Å²) in [5, 5.41) is 3.03. The summed E-state index contributed by atoms with van der Waals surface area (Å²) in [6.45, 7) is 2.03. The Hall–Kier alpha value is -1.31. The summed E-state index contributed by atoms with van der Waals surface area (Å²) in [7, 11) is 0. The lowest BCUT2D eigenvalue weighted by atomic mass is 9.97. The first-order valence-electron chi connectivity index (χ1n) is 8.55. The molecule has 1 saturated carbocycles. The molecule has 5 nitrogen and oxygen atoms in total. The molecule has 1 unspecified atom stereocenters. The van der Waals surface area contributed by atoms with Crippen molar-refractivity contribution in [2.45, 2.75) is 25.7 Å². The van der Waals surface area contributed by atoms with E-state index in [0.717, 1.165) is 23.0 Å². The average molecular weight is 442 g/mol. The minimum absolute atomic E-state index is 0.0248. The molecule has 1 saturated heterocycles. The van der Waals surface area contributed by atoms with E-state index in [1.165, 1.54) is 12.8 Å². The molecule has 0 bridgehead atoms. The van der Waals surface area contributed by atoms with Gasteiger partial charge in [-0.3, -0.25) is 9.59 Å². The van der Waals surface area contributed by atoms with Gasteiger partial charge in [-0.15, -0.1) is 0 Å². The Morgan fingerprint density at radius 1 is 1.21 bits per heavy atom. The number of likely N-dealkylation sites (tertiary alicyclic amines) is 1. The standard InChI is InChI=1S/C18H23IN2O3/c19-15-5-7-16(8-6-15)24-12-17(22)21-9-1-2-14(11-21)18(23)20-10-13-3-4-13/h5-8,13-14H,1-4,9-12H2,(H,20,23). The Kier molecular flexibility index (Phi) is 5.97. The highest BCUT2D eigenvalue weighted by Crippen LogP contribution is 2.28. The third-order valence-corrected chi connectivity index (χ3v) is 5.30. The summed E-state index contributed by atoms with van der Waals surface area (Å²) in [6, 6.07) is 7.61. The highest BCUT2D eigenvalue weighted by molar-refractivity contribution is 14.1. The number of ether oxygens (including phenoxy) is 1. The molecule has 1 aromatic carbocycles. The molecule has 1 atom stereocenters. The van der Waals surface area contributed by atoms with Crippen LogP contribution in [-0.2, 0) is 9.59 Å². The van der Waals surface area contributed by atoms with Crippen molar-refractivity contribution in [2.75, 3.05) is 26.2 Å². The van der Waals surface area contributed by atoms with Gasteiger partial charge in [0.1, 0.15) is 5.75 Å². The molecule has 1 N–H and O–H groups in total. The first-order valence-corrected chi connectivity index (χ1v) is 9.63. The number of nitrogens with zero attached hydrogens (tertiary/aromatic N) is 1. The molecule has 24 heavy (non-hydrogen) atoms. The third-order valence-electron chi connectivity index (χ3n) is 4.58. The molecule has 2 amide bonds. The number of benzene rings is 1. The van der Waals surface area contributed by atoms with Gasteiger partial charge in [-0.2, -0.15) is 0 Å². The number of halogens is 1. The van der Waals surface area contributed by atoms with Crippen LogP contribution in [0.1, 0.15) is 25.7 Å². The van der Waals surface area contributed by atoms with Gasteiger partial charge in [0.05, 0.1) is 5.92 Å². The molecule has 2 aliphatic rings. The summed E-state index contributed by atoms with van der Waals surface area (Å²) in [5.74, 6) is 1.34. The lowest BCUT2D eigenvalue weighted by molar-refractivity contribution is -0.137. The van der Waals surface area contributed by atoms with Gasteiger partial charge in [0.25, 0.3) is 5.91 Å². The monoisotopic (exact) mass is 442 g/mol. The van der Waals surface area contributed by atoms with Crippen molar-refractivity contribution in [3.63, 3.8) is 0 Å². The number of piperidine rings is 1. The van der Waals surface area contributed by atoms with Gasteiger partial charge in [-0.25, -0.2) is 0 Å². The van der Waals surface area contributed by atoms with E-state index in [9.17, 15) is 9.59 Å². The number of rotatable bonds is 6. The first-order chi connectivity index (χ1) is 11.6. The van der Waals surface area contributed by atoms with Crippen molar-refractivity contribution in [3.05, 3.63) is 27.8 Å². The van der Waals surface area contributed by atoms with Crippen LogP contribution in [0.25, 0.3) is 0 Å². The Balaban J connectivity index is 1.45. The van der Waals surface area contributed by atoms with Gasteiger partial charge in [-0.1, -0.05) is 0 Å². The second-order valence-corrected chi connectivity index (χ2v) is 7.86. The summed E-state index contributed by atoms with van der Waals surface area (Å²) >= 11 is 2.23. The zero-order valence-corrected chi connectivity index (χ0v) is 15.8.